The predicted molar refractivity (Wildman–Crippen MR) is 67.1 cm³/mol. The van der Waals surface area contributed by atoms with Gasteiger partial charge in [0, 0.05) is 24.3 Å². The van der Waals surface area contributed by atoms with Crippen LogP contribution in [0.15, 0.2) is 24.3 Å². The first kappa shape index (κ1) is 12.4. The molecule has 17 heavy (non-hydrogen) atoms. The Balaban J connectivity index is 1.86. The SMILES string of the molecule is O=C(Cc1ccccc1Cl)NC1CCOCC1. The molecule has 0 saturated carbocycles. The molecular formula is C13H16ClNO2. The maximum absolute atomic E-state index is 11.8. The van der Waals surface area contributed by atoms with Crippen LogP contribution >= 0.6 is 11.6 Å². The standard InChI is InChI=1S/C13H16ClNO2/c14-12-4-2-1-3-10(12)9-13(16)15-11-5-7-17-8-6-11/h1-4,11H,5-9H2,(H,15,16). The van der Waals surface area contributed by atoms with Gasteiger partial charge in [0.1, 0.15) is 0 Å². The van der Waals surface area contributed by atoms with E-state index in [0.717, 1.165) is 31.6 Å². The van der Waals surface area contributed by atoms with Crippen molar-refractivity contribution in [3.05, 3.63) is 34.9 Å². The molecule has 0 bridgehead atoms. The molecule has 0 aromatic heterocycles. The van der Waals surface area contributed by atoms with E-state index in [0.29, 0.717) is 11.4 Å². The fourth-order valence-electron chi connectivity index (χ4n) is 1.94. The Morgan fingerprint density at radius 2 is 2.06 bits per heavy atom. The second-order valence-electron chi connectivity index (χ2n) is 4.22. The second-order valence-corrected chi connectivity index (χ2v) is 4.63. The van der Waals surface area contributed by atoms with Gasteiger partial charge in [0.15, 0.2) is 0 Å². The minimum atomic E-state index is 0.0324. The third-order valence-electron chi connectivity index (χ3n) is 2.90. The summed E-state index contributed by atoms with van der Waals surface area (Å²) in [5.74, 6) is 0.0324. The van der Waals surface area contributed by atoms with Crippen LogP contribution < -0.4 is 5.32 Å². The molecule has 4 heteroatoms. The number of hydrogen-bond donors (Lipinski definition) is 1. The normalized spacial score (nSPS) is 16.8. The van der Waals surface area contributed by atoms with E-state index in [-0.39, 0.29) is 11.9 Å². The molecule has 1 amide bonds. The summed E-state index contributed by atoms with van der Waals surface area (Å²) in [6.07, 6.45) is 2.14. The van der Waals surface area contributed by atoms with Crippen molar-refractivity contribution in [1.29, 1.82) is 0 Å². The van der Waals surface area contributed by atoms with Crippen molar-refractivity contribution in [3.8, 4) is 0 Å². The second kappa shape index (κ2) is 6.03. The molecule has 1 aromatic rings. The Labute approximate surface area is 106 Å². The Morgan fingerprint density at radius 1 is 1.35 bits per heavy atom. The largest absolute Gasteiger partial charge is 0.381 e. The molecule has 0 spiro atoms. The molecule has 92 valence electrons. The number of ether oxygens (including phenoxy) is 1. The van der Waals surface area contributed by atoms with Crippen LogP contribution in [0.3, 0.4) is 0 Å². The molecule has 3 nitrogen and oxygen atoms in total. The summed E-state index contributed by atoms with van der Waals surface area (Å²) in [5, 5.41) is 3.66. The van der Waals surface area contributed by atoms with Crippen molar-refractivity contribution in [2.75, 3.05) is 13.2 Å². The van der Waals surface area contributed by atoms with Crippen LogP contribution in [-0.2, 0) is 16.0 Å². The number of benzene rings is 1. The molecule has 1 fully saturated rings. The zero-order valence-corrected chi connectivity index (χ0v) is 10.4. The van der Waals surface area contributed by atoms with E-state index in [1.54, 1.807) is 6.07 Å². The Hall–Kier alpha value is -1.06. The monoisotopic (exact) mass is 253 g/mol. The number of amides is 1. The highest BCUT2D eigenvalue weighted by Crippen LogP contribution is 2.15. The lowest BCUT2D eigenvalue weighted by Crippen LogP contribution is -2.39. The summed E-state index contributed by atoms with van der Waals surface area (Å²) < 4.78 is 5.25. The lowest BCUT2D eigenvalue weighted by atomic mass is 10.1. The third-order valence-corrected chi connectivity index (χ3v) is 3.26. The Morgan fingerprint density at radius 3 is 2.76 bits per heavy atom. The molecule has 0 atom stereocenters. The lowest BCUT2D eigenvalue weighted by Gasteiger charge is -2.23. The van der Waals surface area contributed by atoms with Crippen molar-refractivity contribution in [2.24, 2.45) is 0 Å². The zero-order valence-electron chi connectivity index (χ0n) is 9.62. The summed E-state index contributed by atoms with van der Waals surface area (Å²) in [4.78, 5) is 11.8. The topological polar surface area (TPSA) is 38.3 Å². The van der Waals surface area contributed by atoms with Gasteiger partial charge < -0.3 is 10.1 Å². The van der Waals surface area contributed by atoms with Crippen molar-refractivity contribution < 1.29 is 9.53 Å². The first-order chi connectivity index (χ1) is 8.25. The van der Waals surface area contributed by atoms with E-state index in [1.165, 1.54) is 0 Å². The van der Waals surface area contributed by atoms with Crippen molar-refractivity contribution >= 4 is 17.5 Å². The average Bonchev–Trinajstić information content (AvgIpc) is 2.33. The fourth-order valence-corrected chi connectivity index (χ4v) is 2.14. The van der Waals surface area contributed by atoms with Crippen molar-refractivity contribution in [2.45, 2.75) is 25.3 Å². The van der Waals surface area contributed by atoms with Crippen LogP contribution in [0.1, 0.15) is 18.4 Å². The van der Waals surface area contributed by atoms with Gasteiger partial charge in [0.2, 0.25) is 5.91 Å². The molecular weight excluding hydrogens is 238 g/mol. The van der Waals surface area contributed by atoms with E-state index < -0.39 is 0 Å². The molecule has 0 radical (unpaired) electrons. The number of rotatable bonds is 3. The van der Waals surface area contributed by atoms with Gasteiger partial charge in [0.25, 0.3) is 0 Å². The van der Waals surface area contributed by atoms with Crippen molar-refractivity contribution in [3.63, 3.8) is 0 Å². The van der Waals surface area contributed by atoms with Gasteiger partial charge in [-0.05, 0) is 24.5 Å². The van der Waals surface area contributed by atoms with E-state index in [1.807, 2.05) is 18.2 Å². The predicted octanol–water partition coefficient (Wildman–Crippen LogP) is 2.18. The molecule has 2 rings (SSSR count). The van der Waals surface area contributed by atoms with Crippen molar-refractivity contribution in [1.82, 2.24) is 5.32 Å². The first-order valence-electron chi connectivity index (χ1n) is 5.86. The highest BCUT2D eigenvalue weighted by atomic mass is 35.5. The van der Waals surface area contributed by atoms with Crippen LogP contribution in [0.5, 0.6) is 0 Å². The average molecular weight is 254 g/mol. The van der Waals surface area contributed by atoms with Gasteiger partial charge >= 0.3 is 0 Å². The highest BCUT2D eigenvalue weighted by Gasteiger charge is 2.16. The molecule has 1 aliphatic rings. The zero-order chi connectivity index (χ0) is 12.1. The molecule has 1 aliphatic heterocycles. The number of carbonyl (C=O) groups excluding carboxylic acids is 1. The first-order valence-corrected chi connectivity index (χ1v) is 6.24. The van der Waals surface area contributed by atoms with Crippen LogP contribution in [0.4, 0.5) is 0 Å². The van der Waals surface area contributed by atoms with Crippen LogP contribution in [-0.4, -0.2) is 25.2 Å². The van der Waals surface area contributed by atoms with E-state index in [2.05, 4.69) is 5.32 Å². The summed E-state index contributed by atoms with van der Waals surface area (Å²) in [6, 6.07) is 7.69. The quantitative estimate of drug-likeness (QED) is 0.897. The van der Waals surface area contributed by atoms with E-state index in [9.17, 15) is 4.79 Å². The summed E-state index contributed by atoms with van der Waals surface area (Å²) >= 11 is 6.01. The fraction of sp³-hybridized carbons (Fsp3) is 0.462. The smallest absolute Gasteiger partial charge is 0.224 e. The Kier molecular flexibility index (Phi) is 4.40. The minimum Gasteiger partial charge on any atom is -0.381 e. The molecule has 1 aromatic carbocycles. The minimum absolute atomic E-state index is 0.0324. The third kappa shape index (κ3) is 3.72. The van der Waals surface area contributed by atoms with Gasteiger partial charge in [-0.1, -0.05) is 29.8 Å². The van der Waals surface area contributed by atoms with Gasteiger partial charge in [-0.15, -0.1) is 0 Å². The Bertz CT molecular complexity index is 389. The van der Waals surface area contributed by atoms with Crippen LogP contribution in [0.2, 0.25) is 5.02 Å². The maximum atomic E-state index is 11.8. The number of hydrogen-bond acceptors (Lipinski definition) is 2. The van der Waals surface area contributed by atoms with E-state index in [4.69, 9.17) is 16.3 Å². The number of halogens is 1. The van der Waals surface area contributed by atoms with Gasteiger partial charge in [-0.3, -0.25) is 4.79 Å². The van der Waals surface area contributed by atoms with Crippen LogP contribution in [0, 0.1) is 0 Å². The molecule has 1 N–H and O–H groups in total. The summed E-state index contributed by atoms with van der Waals surface area (Å²) in [6.45, 7) is 1.47. The molecule has 0 aliphatic carbocycles. The maximum Gasteiger partial charge on any atom is 0.224 e. The van der Waals surface area contributed by atoms with Gasteiger partial charge in [0.05, 0.1) is 6.42 Å². The molecule has 1 saturated heterocycles. The highest BCUT2D eigenvalue weighted by molar-refractivity contribution is 6.31. The van der Waals surface area contributed by atoms with Gasteiger partial charge in [-0.25, -0.2) is 0 Å². The lowest BCUT2D eigenvalue weighted by molar-refractivity contribution is -0.121. The van der Waals surface area contributed by atoms with E-state index >= 15 is 0 Å². The van der Waals surface area contributed by atoms with Gasteiger partial charge in [-0.2, -0.15) is 0 Å². The molecule has 1 heterocycles. The van der Waals surface area contributed by atoms with Crippen LogP contribution in [0.25, 0.3) is 0 Å². The molecule has 0 unspecified atom stereocenters. The summed E-state index contributed by atoms with van der Waals surface area (Å²) in [5.41, 5.74) is 0.874. The summed E-state index contributed by atoms with van der Waals surface area (Å²) in [7, 11) is 0. The number of carbonyl (C=O) groups is 1. The number of nitrogens with one attached hydrogen (secondary N) is 1.